The van der Waals surface area contributed by atoms with E-state index in [-0.39, 0.29) is 38.6 Å². The number of carbonyl (C=O) groups excluding carboxylic acids is 2. The van der Waals surface area contributed by atoms with Crippen molar-refractivity contribution in [1.82, 2.24) is 0 Å². The first-order valence-electron chi connectivity index (χ1n) is 29.5. The van der Waals surface area contributed by atoms with Crippen molar-refractivity contribution < 1.29 is 37.6 Å². The number of phosphoric acid groups is 1. The number of hydrogen-bond donors (Lipinski definition) is 2. The van der Waals surface area contributed by atoms with Crippen LogP contribution in [0.3, 0.4) is 0 Å². The molecule has 0 radical (unpaired) electrons. The third-order valence-corrected chi connectivity index (χ3v) is 14.5. The van der Waals surface area contributed by atoms with Crippen LogP contribution in [0, 0.1) is 0 Å². The van der Waals surface area contributed by atoms with Crippen LogP contribution in [0.1, 0.15) is 322 Å². The average molecular weight is 973 g/mol. The molecule has 0 heterocycles. The molecule has 0 aliphatic rings. The SMILES string of the molecule is CCCCCCCCCCCCCCCCCCCCCCCCCCCCCC(=O)OC(COC(=O)CCCCCCCCCCCCCCCCCCCCC)COP(=O)(O)OCCN. The van der Waals surface area contributed by atoms with Gasteiger partial charge < -0.3 is 20.1 Å². The van der Waals surface area contributed by atoms with Crippen molar-refractivity contribution in [3.8, 4) is 0 Å². The highest BCUT2D eigenvalue weighted by Gasteiger charge is 2.26. The van der Waals surface area contributed by atoms with Crippen LogP contribution in [0.4, 0.5) is 0 Å². The molecular weight excluding hydrogens is 858 g/mol. The fourth-order valence-corrected chi connectivity index (χ4v) is 9.88. The molecule has 400 valence electrons. The summed E-state index contributed by atoms with van der Waals surface area (Å²) in [5.74, 6) is -0.802. The molecule has 2 unspecified atom stereocenters. The van der Waals surface area contributed by atoms with E-state index in [4.69, 9.17) is 24.3 Å². The fourth-order valence-electron chi connectivity index (χ4n) is 9.11. The zero-order chi connectivity index (χ0) is 48.8. The Bertz CT molecular complexity index is 1060. The molecule has 0 amide bonds. The van der Waals surface area contributed by atoms with Gasteiger partial charge in [0.15, 0.2) is 6.10 Å². The third-order valence-electron chi connectivity index (χ3n) is 13.5. The highest BCUT2D eigenvalue weighted by molar-refractivity contribution is 7.47. The zero-order valence-electron chi connectivity index (χ0n) is 44.7. The Morgan fingerprint density at radius 3 is 0.910 bits per heavy atom. The summed E-state index contributed by atoms with van der Waals surface area (Å²) < 4.78 is 33.1. The van der Waals surface area contributed by atoms with Crippen LogP contribution in [-0.2, 0) is 32.7 Å². The Balaban J connectivity index is 3.88. The second kappa shape index (κ2) is 54.3. The van der Waals surface area contributed by atoms with Crippen LogP contribution >= 0.6 is 7.82 Å². The second-order valence-electron chi connectivity index (χ2n) is 20.2. The minimum Gasteiger partial charge on any atom is -0.462 e. The maximum Gasteiger partial charge on any atom is 0.472 e. The smallest absolute Gasteiger partial charge is 0.462 e. The van der Waals surface area contributed by atoms with Crippen molar-refractivity contribution in [1.29, 1.82) is 0 Å². The summed E-state index contributed by atoms with van der Waals surface area (Å²) >= 11 is 0. The lowest BCUT2D eigenvalue weighted by molar-refractivity contribution is -0.161. The first-order chi connectivity index (χ1) is 32.8. The van der Waals surface area contributed by atoms with Crippen molar-refractivity contribution in [3.05, 3.63) is 0 Å². The molecule has 0 aliphatic heterocycles. The van der Waals surface area contributed by atoms with Gasteiger partial charge >= 0.3 is 19.8 Å². The normalized spacial score (nSPS) is 13.0. The van der Waals surface area contributed by atoms with Crippen molar-refractivity contribution >= 4 is 19.8 Å². The molecule has 3 N–H and O–H groups in total. The van der Waals surface area contributed by atoms with Crippen LogP contribution in [0.5, 0.6) is 0 Å². The lowest BCUT2D eigenvalue weighted by Gasteiger charge is -2.19. The van der Waals surface area contributed by atoms with Gasteiger partial charge in [-0.2, -0.15) is 0 Å². The Labute approximate surface area is 416 Å². The number of phosphoric ester groups is 1. The molecule has 0 aromatic carbocycles. The monoisotopic (exact) mass is 972 g/mol. The summed E-state index contributed by atoms with van der Waals surface area (Å²) in [7, 11) is -4.38. The van der Waals surface area contributed by atoms with Crippen LogP contribution in [0.2, 0.25) is 0 Å². The van der Waals surface area contributed by atoms with E-state index < -0.39 is 26.5 Å². The molecular formula is C57H114NO8P. The van der Waals surface area contributed by atoms with Gasteiger partial charge in [-0.1, -0.05) is 296 Å². The van der Waals surface area contributed by atoms with Gasteiger partial charge in [-0.25, -0.2) is 4.57 Å². The summed E-state index contributed by atoms with van der Waals surface area (Å²) in [5, 5.41) is 0. The Kier molecular flexibility index (Phi) is 53.5. The molecule has 9 nitrogen and oxygen atoms in total. The van der Waals surface area contributed by atoms with Gasteiger partial charge in [-0.3, -0.25) is 18.6 Å². The number of hydrogen-bond acceptors (Lipinski definition) is 8. The first-order valence-corrected chi connectivity index (χ1v) is 31.0. The number of carbonyl (C=O) groups is 2. The minimum absolute atomic E-state index is 0.0586. The molecule has 0 bridgehead atoms. The van der Waals surface area contributed by atoms with Gasteiger partial charge in [0.05, 0.1) is 13.2 Å². The van der Waals surface area contributed by atoms with Crippen molar-refractivity contribution in [2.45, 2.75) is 328 Å². The average Bonchev–Trinajstić information content (AvgIpc) is 3.32. The Hall–Kier alpha value is -0.990. The van der Waals surface area contributed by atoms with Crippen molar-refractivity contribution in [2.24, 2.45) is 5.73 Å². The lowest BCUT2D eigenvalue weighted by Crippen LogP contribution is -2.29. The van der Waals surface area contributed by atoms with Gasteiger partial charge in [0.2, 0.25) is 0 Å². The largest absolute Gasteiger partial charge is 0.472 e. The molecule has 0 spiro atoms. The van der Waals surface area contributed by atoms with Crippen LogP contribution < -0.4 is 5.73 Å². The molecule has 0 fully saturated rings. The summed E-state index contributed by atoms with van der Waals surface area (Å²) in [6.45, 7) is 3.82. The van der Waals surface area contributed by atoms with Crippen LogP contribution in [0.15, 0.2) is 0 Å². The van der Waals surface area contributed by atoms with E-state index in [2.05, 4.69) is 13.8 Å². The van der Waals surface area contributed by atoms with E-state index in [1.54, 1.807) is 0 Å². The molecule has 10 heteroatoms. The zero-order valence-corrected chi connectivity index (χ0v) is 45.6. The van der Waals surface area contributed by atoms with E-state index >= 15 is 0 Å². The number of esters is 2. The van der Waals surface area contributed by atoms with Crippen LogP contribution in [0.25, 0.3) is 0 Å². The summed E-state index contributed by atoms with van der Waals surface area (Å²) in [6, 6.07) is 0. The molecule has 0 saturated heterocycles. The van der Waals surface area contributed by atoms with Crippen LogP contribution in [-0.4, -0.2) is 49.3 Å². The summed E-state index contributed by atoms with van der Waals surface area (Å²) in [5.41, 5.74) is 5.38. The fraction of sp³-hybridized carbons (Fsp3) is 0.965. The van der Waals surface area contributed by atoms with Gasteiger partial charge in [0.25, 0.3) is 0 Å². The van der Waals surface area contributed by atoms with E-state index in [1.807, 2.05) is 0 Å². The summed E-state index contributed by atoms with van der Waals surface area (Å²) in [4.78, 5) is 35.2. The topological polar surface area (TPSA) is 134 Å². The van der Waals surface area contributed by atoms with Crippen molar-refractivity contribution in [2.75, 3.05) is 26.4 Å². The molecule has 0 rings (SSSR count). The molecule has 0 aliphatic carbocycles. The Morgan fingerprint density at radius 2 is 0.642 bits per heavy atom. The molecule has 2 atom stereocenters. The quantitative estimate of drug-likeness (QED) is 0.0347. The van der Waals surface area contributed by atoms with Gasteiger partial charge in [0, 0.05) is 19.4 Å². The number of nitrogens with two attached hydrogens (primary N) is 1. The highest BCUT2D eigenvalue weighted by Crippen LogP contribution is 2.43. The maximum atomic E-state index is 12.7. The number of ether oxygens (including phenoxy) is 2. The molecule has 0 aromatic rings. The molecule has 67 heavy (non-hydrogen) atoms. The standard InChI is InChI=1S/C57H114NO8P/c1-3-5-7-9-11-13-15-17-19-21-23-24-25-26-27-28-29-30-32-34-36-38-40-42-44-46-48-50-57(60)66-55(54-65-67(61,62)64-52-51-58)53-63-56(59)49-47-45-43-41-39-37-35-33-31-22-20-18-16-14-12-10-8-6-4-2/h55H,3-54,58H2,1-2H3,(H,61,62). The third kappa shape index (κ3) is 54.2. The Morgan fingerprint density at radius 1 is 0.388 bits per heavy atom. The predicted octanol–water partition coefficient (Wildman–Crippen LogP) is 18.3. The van der Waals surface area contributed by atoms with Gasteiger partial charge in [-0.15, -0.1) is 0 Å². The van der Waals surface area contributed by atoms with E-state index in [1.165, 1.54) is 257 Å². The summed E-state index contributed by atoms with van der Waals surface area (Å²) in [6.07, 6.45) is 60.2. The van der Waals surface area contributed by atoms with Gasteiger partial charge in [-0.05, 0) is 12.8 Å². The second-order valence-corrected chi connectivity index (χ2v) is 21.7. The van der Waals surface area contributed by atoms with E-state index in [0.29, 0.717) is 6.42 Å². The minimum atomic E-state index is -4.38. The first kappa shape index (κ1) is 66.0. The molecule has 0 aromatic heterocycles. The highest BCUT2D eigenvalue weighted by atomic mass is 31.2. The lowest BCUT2D eigenvalue weighted by atomic mass is 10.0. The van der Waals surface area contributed by atoms with E-state index in [0.717, 1.165) is 32.1 Å². The maximum absolute atomic E-state index is 12.7. The number of unbranched alkanes of at least 4 members (excludes halogenated alkanes) is 44. The number of rotatable bonds is 57. The van der Waals surface area contributed by atoms with E-state index in [9.17, 15) is 19.0 Å². The molecule has 0 saturated carbocycles. The van der Waals surface area contributed by atoms with Gasteiger partial charge in [0.1, 0.15) is 6.61 Å². The van der Waals surface area contributed by atoms with Crippen molar-refractivity contribution in [3.63, 3.8) is 0 Å². The predicted molar refractivity (Wildman–Crippen MR) is 285 cm³/mol.